The van der Waals surface area contributed by atoms with Crippen molar-refractivity contribution in [1.29, 1.82) is 0 Å². The van der Waals surface area contributed by atoms with Gasteiger partial charge in [-0.1, -0.05) is 91.0 Å². The minimum atomic E-state index is 0.108. The van der Waals surface area contributed by atoms with E-state index in [9.17, 15) is 4.79 Å². The average molecular weight is 463 g/mol. The molecule has 2 aliphatic rings. The molecule has 2 atom stereocenters. The van der Waals surface area contributed by atoms with E-state index in [2.05, 4.69) is 97.9 Å². The largest absolute Gasteiger partial charge is 0.299 e. The van der Waals surface area contributed by atoms with Crippen molar-refractivity contribution in [2.75, 3.05) is 0 Å². The van der Waals surface area contributed by atoms with Gasteiger partial charge < -0.3 is 0 Å². The summed E-state index contributed by atoms with van der Waals surface area (Å²) in [5.74, 6) is 2.51. The molecule has 0 radical (unpaired) electrons. The second-order valence-electron chi connectivity index (χ2n) is 10.7. The van der Waals surface area contributed by atoms with Crippen LogP contribution < -0.4 is 0 Å². The first-order valence-electron chi connectivity index (χ1n) is 13.6. The Kier molecular flexibility index (Phi) is 7.62. The molecular formula is C34H38O. The zero-order valence-corrected chi connectivity index (χ0v) is 21.0. The van der Waals surface area contributed by atoms with Gasteiger partial charge in [0.25, 0.3) is 0 Å². The van der Waals surface area contributed by atoms with E-state index in [0.29, 0.717) is 23.5 Å². The van der Waals surface area contributed by atoms with Crippen molar-refractivity contribution in [3.8, 4) is 0 Å². The molecule has 1 nitrogen and oxygen atoms in total. The molecule has 3 aromatic carbocycles. The maximum absolute atomic E-state index is 13.0. The molecule has 1 heteroatoms. The van der Waals surface area contributed by atoms with Crippen LogP contribution in [0.5, 0.6) is 0 Å². The predicted octanol–water partition coefficient (Wildman–Crippen LogP) is 8.44. The molecule has 0 amide bonds. The normalized spacial score (nSPS) is 25.1. The van der Waals surface area contributed by atoms with Crippen LogP contribution in [0.3, 0.4) is 0 Å². The summed E-state index contributed by atoms with van der Waals surface area (Å²) in [5, 5.41) is 0. The SMILES string of the molecule is CC=C(c1ccccc1)C1CCC(C2CC(=O)C(c3ccc(CCc4ccccc4)cc3)C2)CC1. The lowest BCUT2D eigenvalue weighted by molar-refractivity contribution is -0.118. The van der Waals surface area contributed by atoms with Gasteiger partial charge >= 0.3 is 0 Å². The number of carbonyl (C=O) groups is 1. The number of allylic oxidation sites excluding steroid dienone is 2. The smallest absolute Gasteiger partial charge is 0.140 e. The van der Waals surface area contributed by atoms with Crippen molar-refractivity contribution in [3.63, 3.8) is 0 Å². The molecule has 35 heavy (non-hydrogen) atoms. The molecule has 180 valence electrons. The Balaban J connectivity index is 1.15. The van der Waals surface area contributed by atoms with Crippen molar-refractivity contribution in [1.82, 2.24) is 0 Å². The maximum atomic E-state index is 13.0. The Morgan fingerprint density at radius 1 is 0.743 bits per heavy atom. The third kappa shape index (κ3) is 5.67. The minimum absolute atomic E-state index is 0.108. The van der Waals surface area contributed by atoms with Gasteiger partial charge in [0.05, 0.1) is 0 Å². The molecule has 2 aliphatic carbocycles. The van der Waals surface area contributed by atoms with E-state index in [4.69, 9.17) is 0 Å². The van der Waals surface area contributed by atoms with Crippen molar-refractivity contribution in [2.24, 2.45) is 17.8 Å². The van der Waals surface area contributed by atoms with Crippen molar-refractivity contribution >= 4 is 11.4 Å². The van der Waals surface area contributed by atoms with Crippen LogP contribution in [-0.2, 0) is 17.6 Å². The molecule has 0 aliphatic heterocycles. The van der Waals surface area contributed by atoms with Crippen LogP contribution in [-0.4, -0.2) is 5.78 Å². The lowest BCUT2D eigenvalue weighted by Gasteiger charge is -2.33. The summed E-state index contributed by atoms with van der Waals surface area (Å²) in [6, 6.07) is 30.5. The van der Waals surface area contributed by atoms with Crippen LogP contribution in [0.25, 0.3) is 5.57 Å². The van der Waals surface area contributed by atoms with E-state index in [1.54, 1.807) is 0 Å². The van der Waals surface area contributed by atoms with E-state index >= 15 is 0 Å². The maximum Gasteiger partial charge on any atom is 0.140 e. The number of benzene rings is 3. The Hall–Kier alpha value is -2.93. The Labute approximate surface area is 211 Å². The number of hydrogen-bond donors (Lipinski definition) is 0. The van der Waals surface area contributed by atoms with Gasteiger partial charge in [0.2, 0.25) is 0 Å². The van der Waals surface area contributed by atoms with Crippen molar-refractivity contribution in [3.05, 3.63) is 113 Å². The van der Waals surface area contributed by atoms with Gasteiger partial charge in [-0.2, -0.15) is 0 Å². The van der Waals surface area contributed by atoms with Crippen LogP contribution in [0.1, 0.15) is 73.6 Å². The van der Waals surface area contributed by atoms with Crippen LogP contribution in [0.15, 0.2) is 91.0 Å². The first kappa shape index (κ1) is 23.8. The summed E-state index contributed by atoms with van der Waals surface area (Å²) in [7, 11) is 0. The van der Waals surface area contributed by atoms with Crippen LogP contribution >= 0.6 is 0 Å². The van der Waals surface area contributed by atoms with E-state index in [0.717, 1.165) is 25.7 Å². The second-order valence-corrected chi connectivity index (χ2v) is 10.7. The average Bonchev–Trinajstić information content (AvgIpc) is 3.31. The third-order valence-electron chi connectivity index (χ3n) is 8.61. The van der Waals surface area contributed by atoms with Gasteiger partial charge in [0.15, 0.2) is 0 Å². The highest BCUT2D eigenvalue weighted by molar-refractivity contribution is 5.88. The topological polar surface area (TPSA) is 17.1 Å². The molecule has 2 unspecified atom stereocenters. The highest BCUT2D eigenvalue weighted by atomic mass is 16.1. The fourth-order valence-corrected chi connectivity index (χ4v) is 6.62. The summed E-state index contributed by atoms with van der Waals surface area (Å²) in [5.41, 5.74) is 6.86. The van der Waals surface area contributed by atoms with Gasteiger partial charge in [-0.25, -0.2) is 0 Å². The lowest BCUT2D eigenvalue weighted by Crippen LogP contribution is -2.21. The molecule has 0 N–H and O–H groups in total. The molecule has 0 spiro atoms. The number of hydrogen-bond acceptors (Lipinski definition) is 1. The fraction of sp³-hybridized carbons (Fsp3) is 0.382. The summed E-state index contributed by atoms with van der Waals surface area (Å²) in [6.07, 6.45) is 11.3. The standard InChI is InChI=1S/C34H38O/c1-2-32(28-11-7-4-8-12-28)29-21-19-27(20-22-29)31-23-33(34(35)24-31)30-17-15-26(16-18-30)14-13-25-9-5-3-6-10-25/h2-12,15-18,27,29,31,33H,13-14,19-24H2,1H3. The van der Waals surface area contributed by atoms with E-state index in [-0.39, 0.29) is 5.92 Å². The van der Waals surface area contributed by atoms with Gasteiger partial charge in [-0.15, -0.1) is 0 Å². The Morgan fingerprint density at radius 2 is 1.34 bits per heavy atom. The van der Waals surface area contributed by atoms with E-state index < -0.39 is 0 Å². The van der Waals surface area contributed by atoms with Gasteiger partial charge in [0.1, 0.15) is 5.78 Å². The molecule has 0 bridgehead atoms. The Bertz CT molecular complexity index is 1120. The molecule has 2 fully saturated rings. The number of ketones is 1. The summed E-state index contributed by atoms with van der Waals surface area (Å²) >= 11 is 0. The molecule has 0 saturated heterocycles. The molecule has 0 aromatic heterocycles. The molecule has 2 saturated carbocycles. The lowest BCUT2D eigenvalue weighted by atomic mass is 9.72. The van der Waals surface area contributed by atoms with Gasteiger partial charge in [-0.3, -0.25) is 4.79 Å². The highest BCUT2D eigenvalue weighted by Crippen LogP contribution is 2.46. The zero-order valence-electron chi connectivity index (χ0n) is 21.0. The number of Topliss-reactive ketones (excluding diaryl/α,β-unsaturated/α-hetero) is 1. The van der Waals surface area contributed by atoms with Crippen LogP contribution in [0.4, 0.5) is 0 Å². The fourth-order valence-electron chi connectivity index (χ4n) is 6.62. The number of carbonyl (C=O) groups excluding carboxylic acids is 1. The van der Waals surface area contributed by atoms with Crippen LogP contribution in [0, 0.1) is 17.8 Å². The molecule has 0 heterocycles. The predicted molar refractivity (Wildman–Crippen MR) is 146 cm³/mol. The number of aryl methyl sites for hydroxylation is 2. The quantitative estimate of drug-likeness (QED) is 0.344. The first-order chi connectivity index (χ1) is 17.2. The van der Waals surface area contributed by atoms with Gasteiger partial charge in [-0.05, 0) is 97.5 Å². The molecule has 3 aromatic rings. The second kappa shape index (κ2) is 11.2. The summed E-state index contributed by atoms with van der Waals surface area (Å²) in [6.45, 7) is 2.18. The van der Waals surface area contributed by atoms with E-state index in [1.165, 1.54) is 53.5 Å². The highest BCUT2D eigenvalue weighted by Gasteiger charge is 2.39. The zero-order chi connectivity index (χ0) is 24.0. The molecular weight excluding hydrogens is 424 g/mol. The van der Waals surface area contributed by atoms with E-state index in [1.807, 2.05) is 0 Å². The monoisotopic (exact) mass is 462 g/mol. The van der Waals surface area contributed by atoms with Gasteiger partial charge in [0, 0.05) is 12.3 Å². The van der Waals surface area contributed by atoms with Crippen LogP contribution in [0.2, 0.25) is 0 Å². The van der Waals surface area contributed by atoms with Crippen molar-refractivity contribution in [2.45, 2.75) is 64.2 Å². The minimum Gasteiger partial charge on any atom is -0.299 e. The summed E-state index contributed by atoms with van der Waals surface area (Å²) < 4.78 is 0. The Morgan fingerprint density at radius 3 is 1.97 bits per heavy atom. The van der Waals surface area contributed by atoms with Crippen molar-refractivity contribution < 1.29 is 4.79 Å². The molecule has 5 rings (SSSR count). The number of rotatable bonds is 7. The summed E-state index contributed by atoms with van der Waals surface area (Å²) in [4.78, 5) is 13.0. The first-order valence-corrected chi connectivity index (χ1v) is 13.6. The third-order valence-corrected chi connectivity index (χ3v) is 8.61.